The maximum absolute atomic E-state index is 12.8. The first-order valence-corrected chi connectivity index (χ1v) is 11.4. The molecule has 9 nitrogen and oxygen atoms in total. The average Bonchev–Trinajstić information content (AvgIpc) is 3.22. The number of non-ortho nitro benzene ring substituents is 1. The Bertz CT molecular complexity index is 1030. The molecule has 1 N–H and O–H groups in total. The molecule has 0 aliphatic carbocycles. The highest BCUT2D eigenvalue weighted by Crippen LogP contribution is 2.26. The molecule has 1 saturated heterocycles. The quantitative estimate of drug-likeness (QED) is 0.532. The number of hydrogen-bond acceptors (Lipinski definition) is 6. The first kappa shape index (κ1) is 21.6. The molecule has 2 aromatic carbocycles. The lowest BCUT2D eigenvalue weighted by molar-refractivity contribution is -0.384. The van der Waals surface area contributed by atoms with Crippen LogP contribution in [0.4, 0.5) is 22.7 Å². The molecule has 0 saturated carbocycles. The van der Waals surface area contributed by atoms with Gasteiger partial charge in [0.05, 0.1) is 16.9 Å². The van der Waals surface area contributed by atoms with Crippen LogP contribution in [0, 0.1) is 10.1 Å². The summed E-state index contributed by atoms with van der Waals surface area (Å²) in [4.78, 5) is 25.5. The third-order valence-corrected chi connectivity index (χ3v) is 6.23. The Morgan fingerprint density at radius 2 is 1.80 bits per heavy atom. The zero-order valence-electron chi connectivity index (χ0n) is 16.8. The molecular formula is C20H24N4O5S. The van der Waals surface area contributed by atoms with Gasteiger partial charge < -0.3 is 10.2 Å². The van der Waals surface area contributed by atoms with Crippen LogP contribution < -0.4 is 14.5 Å². The van der Waals surface area contributed by atoms with Crippen LogP contribution in [0.3, 0.4) is 0 Å². The van der Waals surface area contributed by atoms with Crippen LogP contribution in [0.1, 0.15) is 19.8 Å². The van der Waals surface area contributed by atoms with Gasteiger partial charge in [-0.15, -0.1) is 0 Å². The van der Waals surface area contributed by atoms with Crippen molar-refractivity contribution in [1.29, 1.82) is 0 Å². The molecule has 0 bridgehead atoms. The SMILES string of the molecule is C[C@H](C(=O)Nc1ccc(N2CCCC2)cc1)N(c1cccc([N+](=O)[O-])c1)S(C)(=O)=O. The van der Waals surface area contributed by atoms with Gasteiger partial charge in [0.1, 0.15) is 6.04 Å². The first-order valence-electron chi connectivity index (χ1n) is 9.56. The van der Waals surface area contributed by atoms with E-state index in [-0.39, 0.29) is 11.4 Å². The fraction of sp³-hybridized carbons (Fsp3) is 0.350. The number of carbonyl (C=O) groups excluding carboxylic acids is 1. The van der Waals surface area contributed by atoms with E-state index in [9.17, 15) is 23.3 Å². The van der Waals surface area contributed by atoms with E-state index in [0.29, 0.717) is 5.69 Å². The molecule has 0 radical (unpaired) electrons. The largest absolute Gasteiger partial charge is 0.372 e. The molecule has 1 aliphatic rings. The Morgan fingerprint density at radius 3 is 2.37 bits per heavy atom. The zero-order chi connectivity index (χ0) is 21.9. The van der Waals surface area contributed by atoms with E-state index < -0.39 is 26.9 Å². The van der Waals surface area contributed by atoms with E-state index in [1.54, 1.807) is 12.1 Å². The van der Waals surface area contributed by atoms with Gasteiger partial charge >= 0.3 is 0 Å². The molecule has 0 unspecified atom stereocenters. The Labute approximate surface area is 175 Å². The van der Waals surface area contributed by atoms with Crippen molar-refractivity contribution in [2.45, 2.75) is 25.8 Å². The van der Waals surface area contributed by atoms with Crippen molar-refractivity contribution < 1.29 is 18.1 Å². The number of nitrogens with one attached hydrogen (secondary N) is 1. The normalized spacial score (nSPS) is 14.9. The molecule has 1 atom stereocenters. The number of nitro groups is 1. The molecule has 2 aromatic rings. The first-order chi connectivity index (χ1) is 14.2. The number of nitrogens with zero attached hydrogens (tertiary/aromatic N) is 3. The van der Waals surface area contributed by atoms with E-state index >= 15 is 0 Å². The summed E-state index contributed by atoms with van der Waals surface area (Å²) in [5, 5.41) is 13.8. The minimum atomic E-state index is -3.87. The van der Waals surface area contributed by atoms with Gasteiger partial charge in [-0.3, -0.25) is 19.2 Å². The topological polar surface area (TPSA) is 113 Å². The molecule has 160 valence electrons. The maximum Gasteiger partial charge on any atom is 0.271 e. The minimum absolute atomic E-state index is 0.0544. The van der Waals surface area contributed by atoms with Crippen molar-refractivity contribution >= 4 is 38.7 Å². The Hall–Kier alpha value is -3.14. The number of sulfonamides is 1. The van der Waals surface area contributed by atoms with Crippen LogP contribution in [-0.2, 0) is 14.8 Å². The number of carbonyl (C=O) groups is 1. The van der Waals surface area contributed by atoms with Crippen molar-refractivity contribution in [1.82, 2.24) is 0 Å². The highest BCUT2D eigenvalue weighted by molar-refractivity contribution is 7.92. The third-order valence-electron chi connectivity index (χ3n) is 4.99. The second-order valence-electron chi connectivity index (χ2n) is 7.24. The fourth-order valence-corrected chi connectivity index (χ4v) is 4.70. The smallest absolute Gasteiger partial charge is 0.271 e. The molecule has 1 fully saturated rings. The van der Waals surface area contributed by atoms with Gasteiger partial charge in [-0.05, 0) is 50.1 Å². The molecule has 10 heteroatoms. The van der Waals surface area contributed by atoms with Gasteiger partial charge in [0.15, 0.2) is 0 Å². The summed E-state index contributed by atoms with van der Waals surface area (Å²) in [6, 6.07) is 11.5. The molecule has 0 spiro atoms. The van der Waals surface area contributed by atoms with Gasteiger partial charge in [-0.25, -0.2) is 8.42 Å². The van der Waals surface area contributed by atoms with E-state index in [0.717, 1.165) is 48.2 Å². The van der Waals surface area contributed by atoms with Crippen LogP contribution >= 0.6 is 0 Å². The van der Waals surface area contributed by atoms with Crippen LogP contribution in [0.2, 0.25) is 0 Å². The molecule has 1 amide bonds. The number of rotatable bonds is 7. The predicted octanol–water partition coefficient (Wildman–Crippen LogP) is 2.99. The van der Waals surface area contributed by atoms with Crippen molar-refractivity contribution in [2.75, 3.05) is 33.9 Å². The van der Waals surface area contributed by atoms with E-state index in [1.165, 1.54) is 25.1 Å². The van der Waals surface area contributed by atoms with Gasteiger partial charge in [0, 0.05) is 36.6 Å². The second kappa shape index (κ2) is 8.70. The molecule has 30 heavy (non-hydrogen) atoms. The Morgan fingerprint density at radius 1 is 1.17 bits per heavy atom. The number of benzene rings is 2. The minimum Gasteiger partial charge on any atom is -0.372 e. The summed E-state index contributed by atoms with van der Waals surface area (Å²) in [6.45, 7) is 3.46. The molecule has 0 aromatic heterocycles. The van der Waals surface area contributed by atoms with Crippen molar-refractivity contribution in [2.24, 2.45) is 0 Å². The van der Waals surface area contributed by atoms with Crippen LogP contribution in [0.5, 0.6) is 0 Å². The standard InChI is InChI=1S/C20H24N4O5S/c1-15(23(30(2,28)29)18-6-5-7-19(14-18)24(26)27)20(25)21-16-8-10-17(11-9-16)22-12-3-4-13-22/h5-11,14-15H,3-4,12-13H2,1-2H3,(H,21,25)/t15-/m1/s1. The monoisotopic (exact) mass is 432 g/mol. The van der Waals surface area contributed by atoms with Crippen molar-refractivity contribution in [3.8, 4) is 0 Å². The van der Waals surface area contributed by atoms with Crippen LogP contribution in [0.25, 0.3) is 0 Å². The lowest BCUT2D eigenvalue weighted by atomic mass is 10.2. The fourth-order valence-electron chi connectivity index (χ4n) is 3.53. The van der Waals surface area contributed by atoms with E-state index in [2.05, 4.69) is 10.2 Å². The highest BCUT2D eigenvalue weighted by Gasteiger charge is 2.30. The summed E-state index contributed by atoms with van der Waals surface area (Å²) in [6.07, 6.45) is 3.28. The number of anilines is 3. The number of amides is 1. The van der Waals surface area contributed by atoms with Crippen molar-refractivity contribution in [3.63, 3.8) is 0 Å². The Kier molecular flexibility index (Phi) is 6.25. The maximum atomic E-state index is 12.8. The summed E-state index contributed by atoms with van der Waals surface area (Å²) in [7, 11) is -3.87. The summed E-state index contributed by atoms with van der Waals surface area (Å²) < 4.78 is 25.6. The predicted molar refractivity (Wildman–Crippen MR) is 116 cm³/mol. The lowest BCUT2D eigenvalue weighted by Gasteiger charge is -2.28. The van der Waals surface area contributed by atoms with Gasteiger partial charge in [-0.1, -0.05) is 6.07 Å². The van der Waals surface area contributed by atoms with Gasteiger partial charge in [0.25, 0.3) is 5.69 Å². The average molecular weight is 433 g/mol. The molecule has 1 aliphatic heterocycles. The third kappa shape index (κ3) is 4.88. The summed E-state index contributed by atoms with van der Waals surface area (Å²) in [5.41, 5.74) is 1.42. The van der Waals surface area contributed by atoms with E-state index in [1.807, 2.05) is 12.1 Å². The van der Waals surface area contributed by atoms with Gasteiger partial charge in [-0.2, -0.15) is 0 Å². The summed E-state index contributed by atoms with van der Waals surface area (Å²) >= 11 is 0. The number of hydrogen-bond donors (Lipinski definition) is 1. The molecule has 3 rings (SSSR count). The highest BCUT2D eigenvalue weighted by atomic mass is 32.2. The Balaban J connectivity index is 1.79. The lowest BCUT2D eigenvalue weighted by Crippen LogP contribution is -2.45. The van der Waals surface area contributed by atoms with Crippen molar-refractivity contribution in [3.05, 3.63) is 58.6 Å². The molecule has 1 heterocycles. The van der Waals surface area contributed by atoms with Crippen LogP contribution in [-0.4, -0.2) is 44.6 Å². The second-order valence-corrected chi connectivity index (χ2v) is 9.10. The summed E-state index contributed by atoms with van der Waals surface area (Å²) in [5.74, 6) is -0.541. The number of nitro benzene ring substituents is 1. The van der Waals surface area contributed by atoms with Crippen LogP contribution in [0.15, 0.2) is 48.5 Å². The van der Waals surface area contributed by atoms with E-state index in [4.69, 9.17) is 0 Å². The zero-order valence-corrected chi connectivity index (χ0v) is 17.6. The van der Waals surface area contributed by atoms with Gasteiger partial charge in [0.2, 0.25) is 15.9 Å². The molecular weight excluding hydrogens is 408 g/mol.